The predicted octanol–water partition coefficient (Wildman–Crippen LogP) is 0.674. The van der Waals surface area contributed by atoms with E-state index < -0.39 is 0 Å². The number of hydrogen-bond acceptors (Lipinski definition) is 3. The molecule has 1 unspecified atom stereocenters. The zero-order chi connectivity index (χ0) is 10.5. The molecule has 0 aromatic carbocycles. The van der Waals surface area contributed by atoms with Crippen LogP contribution in [-0.4, -0.2) is 42.3 Å². The van der Waals surface area contributed by atoms with E-state index >= 15 is 0 Å². The van der Waals surface area contributed by atoms with E-state index in [1.54, 1.807) is 0 Å². The van der Waals surface area contributed by atoms with Crippen LogP contribution in [0.25, 0.3) is 0 Å². The molecular weight excluding hydrogens is 164 g/mol. The summed E-state index contributed by atoms with van der Waals surface area (Å²) in [6, 6.07) is 0.352. The Morgan fingerprint density at radius 1 is 1.38 bits per heavy atom. The monoisotopic (exact) mass is 188 g/mol. The molecule has 0 fully saturated rings. The summed E-state index contributed by atoms with van der Waals surface area (Å²) in [5.74, 6) is 0. The molecule has 0 amide bonds. The molecule has 0 aliphatic heterocycles. The quantitative estimate of drug-likeness (QED) is 0.667. The van der Waals surface area contributed by atoms with Crippen molar-refractivity contribution in [2.45, 2.75) is 33.7 Å². The van der Waals surface area contributed by atoms with Crippen molar-refractivity contribution in [3.05, 3.63) is 0 Å². The SMILES string of the molecule is CCN(CCO)C(CN)C(C)(C)C. The van der Waals surface area contributed by atoms with Gasteiger partial charge in [0.2, 0.25) is 0 Å². The topological polar surface area (TPSA) is 49.5 Å². The van der Waals surface area contributed by atoms with E-state index in [-0.39, 0.29) is 12.0 Å². The van der Waals surface area contributed by atoms with Crippen molar-refractivity contribution in [3.63, 3.8) is 0 Å². The van der Waals surface area contributed by atoms with Gasteiger partial charge in [0.1, 0.15) is 0 Å². The summed E-state index contributed by atoms with van der Waals surface area (Å²) < 4.78 is 0. The van der Waals surface area contributed by atoms with Crippen LogP contribution in [0.4, 0.5) is 0 Å². The Morgan fingerprint density at radius 2 is 1.92 bits per heavy atom. The van der Waals surface area contributed by atoms with Gasteiger partial charge in [0.05, 0.1) is 6.61 Å². The number of aliphatic hydroxyl groups is 1. The van der Waals surface area contributed by atoms with E-state index in [9.17, 15) is 0 Å². The lowest BCUT2D eigenvalue weighted by Crippen LogP contribution is -2.49. The maximum absolute atomic E-state index is 8.90. The van der Waals surface area contributed by atoms with Gasteiger partial charge in [-0.3, -0.25) is 4.90 Å². The highest BCUT2D eigenvalue weighted by atomic mass is 16.3. The van der Waals surface area contributed by atoms with Crippen LogP contribution in [0.2, 0.25) is 0 Å². The molecule has 0 radical (unpaired) electrons. The fourth-order valence-electron chi connectivity index (χ4n) is 1.71. The first-order valence-corrected chi connectivity index (χ1v) is 5.02. The molecule has 0 spiro atoms. The molecule has 0 aromatic heterocycles. The summed E-state index contributed by atoms with van der Waals surface area (Å²) in [6.45, 7) is 11.2. The van der Waals surface area contributed by atoms with E-state index in [4.69, 9.17) is 10.8 Å². The second-order valence-electron chi connectivity index (χ2n) is 4.47. The highest BCUT2D eigenvalue weighted by Crippen LogP contribution is 2.23. The van der Waals surface area contributed by atoms with Gasteiger partial charge in [-0.2, -0.15) is 0 Å². The first kappa shape index (κ1) is 12.9. The van der Waals surface area contributed by atoms with Crippen molar-refractivity contribution in [3.8, 4) is 0 Å². The predicted molar refractivity (Wildman–Crippen MR) is 56.6 cm³/mol. The van der Waals surface area contributed by atoms with E-state index in [0.717, 1.165) is 13.1 Å². The van der Waals surface area contributed by atoms with E-state index in [1.165, 1.54) is 0 Å². The lowest BCUT2D eigenvalue weighted by molar-refractivity contribution is 0.0895. The number of nitrogens with zero attached hydrogens (tertiary/aromatic N) is 1. The standard InChI is InChI=1S/C10H24N2O/c1-5-12(6-7-13)9(8-11)10(2,3)4/h9,13H,5-8,11H2,1-4H3. The summed E-state index contributed by atoms with van der Waals surface area (Å²) in [4.78, 5) is 2.24. The largest absolute Gasteiger partial charge is 0.395 e. The van der Waals surface area contributed by atoms with Crippen LogP contribution in [0.1, 0.15) is 27.7 Å². The van der Waals surface area contributed by atoms with Gasteiger partial charge < -0.3 is 10.8 Å². The van der Waals surface area contributed by atoms with Gasteiger partial charge in [0.25, 0.3) is 0 Å². The minimum Gasteiger partial charge on any atom is -0.395 e. The molecule has 0 saturated carbocycles. The second-order valence-corrected chi connectivity index (χ2v) is 4.47. The minimum absolute atomic E-state index is 0.180. The number of nitrogens with two attached hydrogens (primary N) is 1. The van der Waals surface area contributed by atoms with Gasteiger partial charge >= 0.3 is 0 Å². The Balaban J connectivity index is 4.34. The van der Waals surface area contributed by atoms with Gasteiger partial charge in [-0.15, -0.1) is 0 Å². The summed E-state index contributed by atoms with van der Waals surface area (Å²) in [7, 11) is 0. The van der Waals surface area contributed by atoms with Crippen molar-refractivity contribution in [1.82, 2.24) is 4.90 Å². The van der Waals surface area contributed by atoms with Crippen LogP contribution in [0.5, 0.6) is 0 Å². The smallest absolute Gasteiger partial charge is 0.0558 e. The van der Waals surface area contributed by atoms with Gasteiger partial charge in [-0.05, 0) is 12.0 Å². The van der Waals surface area contributed by atoms with Crippen LogP contribution < -0.4 is 5.73 Å². The average molecular weight is 188 g/mol. The third-order valence-electron chi connectivity index (χ3n) is 2.46. The number of hydrogen-bond donors (Lipinski definition) is 2. The molecule has 0 rings (SSSR count). The molecule has 0 bridgehead atoms. The third kappa shape index (κ3) is 4.07. The van der Waals surface area contributed by atoms with Crippen molar-refractivity contribution in [2.24, 2.45) is 11.1 Å². The Hall–Kier alpha value is -0.120. The fraction of sp³-hybridized carbons (Fsp3) is 1.00. The van der Waals surface area contributed by atoms with Crippen LogP contribution in [0.3, 0.4) is 0 Å². The molecule has 0 saturated heterocycles. The highest BCUT2D eigenvalue weighted by Gasteiger charge is 2.27. The molecule has 3 heteroatoms. The third-order valence-corrected chi connectivity index (χ3v) is 2.46. The second kappa shape index (κ2) is 5.58. The van der Waals surface area contributed by atoms with Crippen LogP contribution in [0, 0.1) is 5.41 Å². The normalized spacial score (nSPS) is 15.0. The van der Waals surface area contributed by atoms with Crippen LogP contribution in [-0.2, 0) is 0 Å². The van der Waals surface area contributed by atoms with Gasteiger partial charge in [-0.1, -0.05) is 27.7 Å². The molecule has 0 heterocycles. The molecule has 3 N–H and O–H groups in total. The maximum atomic E-state index is 8.90. The summed E-state index contributed by atoms with van der Waals surface area (Å²) in [5, 5.41) is 8.90. The first-order valence-electron chi connectivity index (χ1n) is 5.02. The van der Waals surface area contributed by atoms with Gasteiger partial charge in [0.15, 0.2) is 0 Å². The highest BCUT2D eigenvalue weighted by molar-refractivity contribution is 4.83. The van der Waals surface area contributed by atoms with Crippen molar-refractivity contribution in [1.29, 1.82) is 0 Å². The summed E-state index contributed by atoms with van der Waals surface area (Å²) >= 11 is 0. The lowest BCUT2D eigenvalue weighted by Gasteiger charge is -2.38. The minimum atomic E-state index is 0.180. The molecule has 0 aromatic rings. The molecule has 0 aliphatic rings. The van der Waals surface area contributed by atoms with E-state index in [0.29, 0.717) is 12.6 Å². The van der Waals surface area contributed by atoms with Gasteiger partial charge in [0, 0.05) is 19.1 Å². The van der Waals surface area contributed by atoms with Crippen LogP contribution >= 0.6 is 0 Å². The molecule has 80 valence electrons. The molecule has 0 aliphatic carbocycles. The summed E-state index contributed by atoms with van der Waals surface area (Å²) in [5.41, 5.74) is 5.92. The fourth-order valence-corrected chi connectivity index (χ4v) is 1.71. The Labute approximate surface area is 81.9 Å². The van der Waals surface area contributed by atoms with Gasteiger partial charge in [-0.25, -0.2) is 0 Å². The van der Waals surface area contributed by atoms with Crippen molar-refractivity contribution >= 4 is 0 Å². The Morgan fingerprint density at radius 3 is 2.15 bits per heavy atom. The number of aliphatic hydroxyl groups excluding tert-OH is 1. The first-order chi connectivity index (χ1) is 5.97. The Kier molecular flexibility index (Phi) is 5.53. The Bertz CT molecular complexity index is 131. The summed E-state index contributed by atoms with van der Waals surface area (Å²) in [6.07, 6.45) is 0. The zero-order valence-electron chi connectivity index (χ0n) is 9.38. The molecule has 1 atom stereocenters. The van der Waals surface area contributed by atoms with Crippen molar-refractivity contribution < 1.29 is 5.11 Å². The van der Waals surface area contributed by atoms with Crippen LogP contribution in [0.15, 0.2) is 0 Å². The lowest BCUT2D eigenvalue weighted by atomic mass is 9.85. The molecule has 3 nitrogen and oxygen atoms in total. The average Bonchev–Trinajstić information content (AvgIpc) is 2.01. The number of likely N-dealkylation sites (N-methyl/N-ethyl adjacent to an activating group) is 1. The molecule has 13 heavy (non-hydrogen) atoms. The molecular formula is C10H24N2O. The number of rotatable bonds is 5. The van der Waals surface area contributed by atoms with E-state index in [2.05, 4.69) is 32.6 Å². The zero-order valence-corrected chi connectivity index (χ0v) is 9.38. The van der Waals surface area contributed by atoms with E-state index in [1.807, 2.05) is 0 Å². The maximum Gasteiger partial charge on any atom is 0.0558 e. The van der Waals surface area contributed by atoms with Crippen molar-refractivity contribution in [2.75, 3.05) is 26.2 Å².